The van der Waals surface area contributed by atoms with Gasteiger partial charge in [0, 0.05) is 15.1 Å². The van der Waals surface area contributed by atoms with Crippen LogP contribution < -0.4 is 5.73 Å². The van der Waals surface area contributed by atoms with Gasteiger partial charge in [0.15, 0.2) is 0 Å². The van der Waals surface area contributed by atoms with Crippen molar-refractivity contribution in [3.8, 4) is 0 Å². The first-order valence-corrected chi connectivity index (χ1v) is 7.90. The van der Waals surface area contributed by atoms with Gasteiger partial charge < -0.3 is 10.9 Å². The molecule has 0 aliphatic carbocycles. The molecule has 2 rings (SSSR count). The molecule has 104 valence electrons. The fraction of sp³-hybridized carbons (Fsp3) is 0.133. The SMILES string of the molecule is NC(=NO)C(CSc1ccccc1Br)c1ccccc1. The number of nitrogens with two attached hydrogens (primary N) is 1. The average Bonchev–Trinajstić information content (AvgIpc) is 2.50. The second-order valence-electron chi connectivity index (χ2n) is 4.23. The van der Waals surface area contributed by atoms with Crippen LogP contribution in [0.4, 0.5) is 0 Å². The van der Waals surface area contributed by atoms with E-state index in [0.717, 1.165) is 14.9 Å². The van der Waals surface area contributed by atoms with E-state index in [2.05, 4.69) is 21.1 Å². The number of benzene rings is 2. The third-order valence-electron chi connectivity index (χ3n) is 2.92. The van der Waals surface area contributed by atoms with Crippen LogP contribution in [-0.2, 0) is 0 Å². The molecular weight excluding hydrogens is 336 g/mol. The molecule has 0 bridgehead atoms. The van der Waals surface area contributed by atoms with Crippen molar-refractivity contribution in [1.29, 1.82) is 0 Å². The van der Waals surface area contributed by atoms with E-state index < -0.39 is 0 Å². The van der Waals surface area contributed by atoms with Crippen LogP contribution in [0.5, 0.6) is 0 Å². The summed E-state index contributed by atoms with van der Waals surface area (Å²) in [5, 5.41) is 12.1. The number of hydrogen-bond acceptors (Lipinski definition) is 3. The molecule has 2 aromatic rings. The Labute approximate surface area is 131 Å². The molecule has 20 heavy (non-hydrogen) atoms. The number of amidine groups is 1. The Kier molecular flexibility index (Phi) is 5.49. The Bertz CT molecular complexity index is 589. The molecule has 5 heteroatoms. The van der Waals surface area contributed by atoms with Gasteiger partial charge in [0.2, 0.25) is 0 Å². The highest BCUT2D eigenvalue weighted by Gasteiger charge is 2.17. The first-order chi connectivity index (χ1) is 9.72. The molecule has 0 radical (unpaired) electrons. The molecule has 0 saturated carbocycles. The van der Waals surface area contributed by atoms with Crippen molar-refractivity contribution in [2.45, 2.75) is 10.8 Å². The van der Waals surface area contributed by atoms with Crippen molar-refractivity contribution >= 4 is 33.5 Å². The minimum atomic E-state index is -0.113. The molecule has 2 aromatic carbocycles. The van der Waals surface area contributed by atoms with Gasteiger partial charge in [-0.3, -0.25) is 0 Å². The van der Waals surface area contributed by atoms with Crippen LogP contribution in [0.2, 0.25) is 0 Å². The van der Waals surface area contributed by atoms with Crippen LogP contribution in [0, 0.1) is 0 Å². The highest BCUT2D eigenvalue weighted by atomic mass is 79.9. The van der Waals surface area contributed by atoms with Crippen LogP contribution in [0.3, 0.4) is 0 Å². The van der Waals surface area contributed by atoms with E-state index in [1.54, 1.807) is 11.8 Å². The van der Waals surface area contributed by atoms with E-state index in [1.165, 1.54) is 0 Å². The normalized spacial score (nSPS) is 13.2. The number of oxime groups is 1. The summed E-state index contributed by atoms with van der Waals surface area (Å²) in [7, 11) is 0. The molecule has 0 amide bonds. The number of thioether (sulfide) groups is 1. The molecule has 3 N–H and O–H groups in total. The lowest BCUT2D eigenvalue weighted by Gasteiger charge is -2.16. The van der Waals surface area contributed by atoms with Crippen molar-refractivity contribution in [3.63, 3.8) is 0 Å². The van der Waals surface area contributed by atoms with E-state index in [1.807, 2.05) is 54.6 Å². The maximum atomic E-state index is 8.96. The first-order valence-electron chi connectivity index (χ1n) is 6.12. The molecular formula is C15H15BrN2OS. The van der Waals surface area contributed by atoms with Crippen LogP contribution in [0.1, 0.15) is 11.5 Å². The summed E-state index contributed by atoms with van der Waals surface area (Å²) >= 11 is 5.20. The third-order valence-corrected chi connectivity index (χ3v) is 5.04. The quantitative estimate of drug-likeness (QED) is 0.281. The maximum Gasteiger partial charge on any atom is 0.147 e. The van der Waals surface area contributed by atoms with Gasteiger partial charge in [-0.2, -0.15) is 0 Å². The highest BCUT2D eigenvalue weighted by molar-refractivity contribution is 9.10. The van der Waals surface area contributed by atoms with E-state index in [9.17, 15) is 0 Å². The Hall–Kier alpha value is -1.46. The largest absolute Gasteiger partial charge is 0.409 e. The predicted octanol–water partition coefficient (Wildman–Crippen LogP) is 4.07. The number of rotatable bonds is 5. The zero-order valence-electron chi connectivity index (χ0n) is 10.7. The molecule has 0 spiro atoms. The average molecular weight is 351 g/mol. The second-order valence-corrected chi connectivity index (χ2v) is 6.15. The Morgan fingerprint density at radius 1 is 1.15 bits per heavy atom. The molecule has 3 nitrogen and oxygen atoms in total. The van der Waals surface area contributed by atoms with E-state index in [4.69, 9.17) is 10.9 Å². The lowest BCUT2D eigenvalue weighted by atomic mass is 10.0. The summed E-state index contributed by atoms with van der Waals surface area (Å²) in [5.74, 6) is 0.830. The molecule has 0 aliphatic heterocycles. The summed E-state index contributed by atoms with van der Waals surface area (Å²) in [6.07, 6.45) is 0. The van der Waals surface area contributed by atoms with Gasteiger partial charge in [0.25, 0.3) is 0 Å². The lowest BCUT2D eigenvalue weighted by Crippen LogP contribution is -2.23. The summed E-state index contributed by atoms with van der Waals surface area (Å²) in [6, 6.07) is 17.9. The molecule has 1 unspecified atom stereocenters. The summed E-state index contributed by atoms with van der Waals surface area (Å²) in [4.78, 5) is 1.14. The fourth-order valence-corrected chi connectivity index (χ4v) is 3.56. The minimum Gasteiger partial charge on any atom is -0.409 e. The van der Waals surface area contributed by atoms with Crippen molar-refractivity contribution < 1.29 is 5.21 Å². The predicted molar refractivity (Wildman–Crippen MR) is 87.5 cm³/mol. The van der Waals surface area contributed by atoms with Gasteiger partial charge in [-0.15, -0.1) is 11.8 Å². The number of nitrogens with zero attached hydrogens (tertiary/aromatic N) is 1. The van der Waals surface area contributed by atoms with Crippen LogP contribution in [0.25, 0.3) is 0 Å². The van der Waals surface area contributed by atoms with Crippen LogP contribution in [-0.4, -0.2) is 16.8 Å². The fourth-order valence-electron chi connectivity index (χ4n) is 1.84. The highest BCUT2D eigenvalue weighted by Crippen LogP contribution is 2.31. The van der Waals surface area contributed by atoms with E-state index >= 15 is 0 Å². The smallest absolute Gasteiger partial charge is 0.147 e. The van der Waals surface area contributed by atoms with Crippen molar-refractivity contribution in [2.75, 3.05) is 5.75 Å². The first kappa shape index (κ1) is 14.9. The summed E-state index contributed by atoms with van der Waals surface area (Å²) in [6.45, 7) is 0. The van der Waals surface area contributed by atoms with Gasteiger partial charge in [-0.1, -0.05) is 47.6 Å². The Balaban J connectivity index is 2.16. The number of halogens is 1. The van der Waals surface area contributed by atoms with Crippen LogP contribution >= 0.6 is 27.7 Å². The van der Waals surface area contributed by atoms with Gasteiger partial charge in [0.1, 0.15) is 5.84 Å². The number of hydrogen-bond donors (Lipinski definition) is 2. The summed E-state index contributed by atoms with van der Waals surface area (Å²) in [5.41, 5.74) is 6.87. The minimum absolute atomic E-state index is 0.113. The molecule has 0 saturated heterocycles. The molecule has 0 heterocycles. The lowest BCUT2D eigenvalue weighted by molar-refractivity contribution is 0.316. The van der Waals surface area contributed by atoms with E-state index in [-0.39, 0.29) is 11.8 Å². The maximum absolute atomic E-state index is 8.96. The van der Waals surface area contributed by atoms with Gasteiger partial charge in [-0.25, -0.2) is 0 Å². The Morgan fingerprint density at radius 2 is 1.80 bits per heavy atom. The van der Waals surface area contributed by atoms with Gasteiger partial charge in [0.05, 0.1) is 5.92 Å². The van der Waals surface area contributed by atoms with Crippen LogP contribution in [0.15, 0.2) is 69.1 Å². The van der Waals surface area contributed by atoms with Crippen molar-refractivity contribution in [3.05, 3.63) is 64.6 Å². The molecule has 0 aliphatic rings. The topological polar surface area (TPSA) is 58.6 Å². The zero-order chi connectivity index (χ0) is 14.4. The zero-order valence-corrected chi connectivity index (χ0v) is 13.1. The third kappa shape index (κ3) is 3.77. The van der Waals surface area contributed by atoms with E-state index in [0.29, 0.717) is 5.75 Å². The molecule has 0 aromatic heterocycles. The Morgan fingerprint density at radius 3 is 2.45 bits per heavy atom. The van der Waals surface area contributed by atoms with Gasteiger partial charge in [-0.05, 0) is 33.6 Å². The second kappa shape index (κ2) is 7.36. The van der Waals surface area contributed by atoms with Gasteiger partial charge >= 0.3 is 0 Å². The summed E-state index contributed by atoms with van der Waals surface area (Å²) < 4.78 is 1.05. The molecule has 0 fully saturated rings. The molecule has 1 atom stereocenters. The van der Waals surface area contributed by atoms with Crippen molar-refractivity contribution in [1.82, 2.24) is 0 Å². The standard InChI is InChI=1S/C15H15BrN2OS/c16-13-8-4-5-9-14(13)20-10-12(15(17)18-19)11-6-2-1-3-7-11/h1-9,12,19H,10H2,(H2,17,18). The van der Waals surface area contributed by atoms with Crippen molar-refractivity contribution in [2.24, 2.45) is 10.9 Å². The monoisotopic (exact) mass is 350 g/mol.